The van der Waals surface area contributed by atoms with Gasteiger partial charge in [0, 0.05) is 33.4 Å². The lowest BCUT2D eigenvalue weighted by atomic mass is 9.67. The fourth-order valence-electron chi connectivity index (χ4n) is 21.2. The van der Waals surface area contributed by atoms with Gasteiger partial charge in [-0.15, -0.1) is 0 Å². The monoisotopic (exact) mass is 1700 g/mol. The summed E-state index contributed by atoms with van der Waals surface area (Å²) in [6, 6.07) is 182. The van der Waals surface area contributed by atoms with Crippen LogP contribution in [0.3, 0.4) is 0 Å². The van der Waals surface area contributed by atoms with E-state index in [1.807, 2.05) is 78.9 Å². The standard InChI is InChI=1S/C128H82N6/c1-7-32-91(33-8-1)121-129-122(92-34-9-2-10-35-92)131-124(130-121)94-67-60-85(61-68-94)84-56-63-89(64-57-84)112-81-119-115(109-50-23-25-54-117(109)127(119,101-43-13-4-14-44-101)102-45-15-5-16-46-102)80-114(112)108-53-29-41-98-76-97(72-75-106(98)108)87-70-73-104(74-71-87)128(103-47-17-6-18-48-103)118-55-26-24-51-110(118)116-79-113(107-52-28-39-88-31-21-22-49-105(88)107)111(82-120(116)128)90-65-58-86(59-66-90)96-40-27-42-99(77-96)125-132-123(93-36-11-3-12-37-93)133-126(134-125)100-69-62-83-30-19-20-38-95(83)78-100/h1-82H. The van der Waals surface area contributed by atoms with Crippen molar-refractivity contribution in [1.82, 2.24) is 29.9 Å². The minimum absolute atomic E-state index is 0.609. The van der Waals surface area contributed by atoms with Crippen LogP contribution < -0.4 is 0 Å². The summed E-state index contributed by atoms with van der Waals surface area (Å²) >= 11 is 0. The van der Waals surface area contributed by atoms with Crippen molar-refractivity contribution in [2.45, 2.75) is 10.8 Å². The highest BCUT2D eigenvalue weighted by molar-refractivity contribution is 6.07. The maximum Gasteiger partial charge on any atom is 0.164 e. The Balaban J connectivity index is 0.592. The SMILES string of the molecule is c1ccc(-c2nc(-c3ccccc3)nc(-c3ccc(-c4ccc(-c5cc6c(cc5-c5cccc7cc(-c8ccc(C9(c%10ccccc%10)c%10ccccc%10-c%10cc(-c%11cccc%12ccccc%11%12)c(-c%11ccc(-c%12cccc(-c%13nc(-c%14ccccc%14)nc(-c%14ccc%15ccccc%15c%14)n%13)c%12)cc%11)cc%109)cc8)ccc57)-c5ccccc5C6(c5ccccc5)c5ccccc5)cc4)cc3)n2)cc1. The number of aromatic nitrogens is 6. The van der Waals surface area contributed by atoms with Crippen LogP contribution in [-0.2, 0) is 10.8 Å². The van der Waals surface area contributed by atoms with E-state index in [2.05, 4.69) is 419 Å². The van der Waals surface area contributed by atoms with Crippen molar-refractivity contribution in [1.29, 1.82) is 0 Å². The zero-order valence-corrected chi connectivity index (χ0v) is 73.0. The van der Waals surface area contributed by atoms with Crippen LogP contribution in [0.15, 0.2) is 497 Å². The van der Waals surface area contributed by atoms with Gasteiger partial charge >= 0.3 is 0 Å². The second-order valence-corrected chi connectivity index (χ2v) is 35.0. The number of fused-ring (bicyclic) bond motifs is 9. The van der Waals surface area contributed by atoms with E-state index in [9.17, 15) is 0 Å². The molecule has 1 unspecified atom stereocenters. The molecule has 0 amide bonds. The van der Waals surface area contributed by atoms with Crippen LogP contribution in [0.5, 0.6) is 0 Å². The molecule has 0 saturated heterocycles. The molecule has 134 heavy (non-hydrogen) atoms. The molecule has 0 aliphatic heterocycles. The second kappa shape index (κ2) is 32.9. The summed E-state index contributed by atoms with van der Waals surface area (Å²) in [4.78, 5) is 30.6. The summed E-state index contributed by atoms with van der Waals surface area (Å²) in [7, 11) is 0. The predicted octanol–water partition coefficient (Wildman–Crippen LogP) is 31.9. The lowest BCUT2D eigenvalue weighted by molar-refractivity contribution is 0.769. The molecule has 2 aromatic heterocycles. The van der Waals surface area contributed by atoms with Crippen LogP contribution in [0.4, 0.5) is 0 Å². The first-order chi connectivity index (χ1) is 66.4. The van der Waals surface area contributed by atoms with Crippen molar-refractivity contribution in [3.05, 3.63) is 542 Å². The van der Waals surface area contributed by atoms with Crippen molar-refractivity contribution in [2.75, 3.05) is 0 Å². The molecular formula is C128H82N6. The summed E-state index contributed by atoms with van der Waals surface area (Å²) in [5.41, 5.74) is 34.7. The minimum Gasteiger partial charge on any atom is -0.208 e. The smallest absolute Gasteiger partial charge is 0.164 e. The molecule has 0 spiro atoms. The summed E-state index contributed by atoms with van der Waals surface area (Å²) < 4.78 is 0. The molecule has 25 rings (SSSR count). The van der Waals surface area contributed by atoms with Gasteiger partial charge in [-0.25, -0.2) is 29.9 Å². The molecule has 23 aromatic rings. The summed E-state index contributed by atoms with van der Waals surface area (Å²) in [6.07, 6.45) is 0. The Hall–Kier alpha value is -17.6. The van der Waals surface area contributed by atoms with Crippen molar-refractivity contribution in [3.8, 4) is 168 Å². The Morgan fingerprint density at radius 2 is 0.403 bits per heavy atom. The van der Waals surface area contributed by atoms with Gasteiger partial charge in [0.15, 0.2) is 34.9 Å². The number of nitrogens with zero attached hydrogens (tertiary/aromatic N) is 6. The molecule has 2 aliphatic carbocycles. The topological polar surface area (TPSA) is 77.3 Å². The van der Waals surface area contributed by atoms with Crippen LogP contribution in [-0.4, -0.2) is 29.9 Å². The summed E-state index contributed by atoms with van der Waals surface area (Å²) in [5.74, 6) is 3.74. The Kier molecular flexibility index (Phi) is 19.3. The normalized spacial score (nSPS) is 13.3. The second-order valence-electron chi connectivity index (χ2n) is 35.0. The highest BCUT2D eigenvalue weighted by Crippen LogP contribution is 2.61. The Bertz CT molecular complexity index is 8380. The van der Waals surface area contributed by atoms with E-state index in [1.165, 1.54) is 94.0 Å². The highest BCUT2D eigenvalue weighted by Gasteiger charge is 2.49. The third-order valence-corrected chi connectivity index (χ3v) is 27.6. The molecule has 21 aromatic carbocycles. The molecule has 0 saturated carbocycles. The van der Waals surface area contributed by atoms with E-state index in [0.29, 0.717) is 34.9 Å². The first-order valence-electron chi connectivity index (χ1n) is 45.8. The molecule has 0 bridgehead atoms. The first kappa shape index (κ1) is 78.7. The average Bonchev–Trinajstić information content (AvgIpc) is 1.53. The van der Waals surface area contributed by atoms with Crippen LogP contribution in [0.2, 0.25) is 0 Å². The van der Waals surface area contributed by atoms with Gasteiger partial charge in [0.05, 0.1) is 10.8 Å². The first-order valence-corrected chi connectivity index (χ1v) is 45.8. The molecule has 2 aliphatic rings. The quantitative estimate of drug-likeness (QED) is 0.0904. The molecule has 0 N–H and O–H groups in total. The molecule has 0 radical (unpaired) electrons. The number of hydrogen-bond donors (Lipinski definition) is 0. The van der Waals surface area contributed by atoms with Crippen LogP contribution in [0.25, 0.3) is 201 Å². The molecular weight excluding hydrogens is 1620 g/mol. The average molecular weight is 1700 g/mol. The number of hydrogen-bond acceptors (Lipinski definition) is 6. The lowest BCUT2D eigenvalue weighted by Gasteiger charge is -2.34. The van der Waals surface area contributed by atoms with Gasteiger partial charge in [0.2, 0.25) is 0 Å². The predicted molar refractivity (Wildman–Crippen MR) is 551 cm³/mol. The van der Waals surface area contributed by atoms with E-state index in [0.717, 1.165) is 116 Å². The van der Waals surface area contributed by atoms with Crippen molar-refractivity contribution < 1.29 is 0 Å². The fraction of sp³-hybridized carbons (Fsp3) is 0.0156. The van der Waals surface area contributed by atoms with Gasteiger partial charge in [-0.05, 0) is 219 Å². The molecule has 6 heteroatoms. The van der Waals surface area contributed by atoms with Gasteiger partial charge in [0.1, 0.15) is 0 Å². The number of benzene rings is 21. The summed E-state index contributed by atoms with van der Waals surface area (Å²) in [5, 5.41) is 7.01. The molecule has 624 valence electrons. The molecule has 2 heterocycles. The van der Waals surface area contributed by atoms with Crippen LogP contribution in [0.1, 0.15) is 44.5 Å². The zero-order valence-electron chi connectivity index (χ0n) is 73.0. The van der Waals surface area contributed by atoms with Crippen molar-refractivity contribution >= 4 is 32.3 Å². The Morgan fingerprint density at radius 3 is 0.881 bits per heavy atom. The van der Waals surface area contributed by atoms with Gasteiger partial charge in [-0.2, -0.15) is 0 Å². The van der Waals surface area contributed by atoms with Crippen LogP contribution in [0, 0.1) is 0 Å². The largest absolute Gasteiger partial charge is 0.208 e. The van der Waals surface area contributed by atoms with Gasteiger partial charge in [0.25, 0.3) is 0 Å². The lowest BCUT2D eigenvalue weighted by Crippen LogP contribution is -2.28. The summed E-state index contributed by atoms with van der Waals surface area (Å²) in [6.45, 7) is 0. The minimum atomic E-state index is -0.721. The van der Waals surface area contributed by atoms with E-state index >= 15 is 0 Å². The van der Waals surface area contributed by atoms with E-state index < -0.39 is 10.8 Å². The van der Waals surface area contributed by atoms with Crippen molar-refractivity contribution in [2.24, 2.45) is 0 Å². The van der Waals surface area contributed by atoms with Gasteiger partial charge in [-0.3, -0.25) is 0 Å². The molecule has 1 atom stereocenters. The Morgan fingerprint density at radius 1 is 0.119 bits per heavy atom. The Labute approximate surface area is 778 Å². The molecule has 0 fully saturated rings. The van der Waals surface area contributed by atoms with E-state index in [1.54, 1.807) is 0 Å². The maximum absolute atomic E-state index is 5.23. The third-order valence-electron chi connectivity index (χ3n) is 27.6. The molecule has 6 nitrogen and oxygen atoms in total. The fourth-order valence-corrected chi connectivity index (χ4v) is 21.2. The van der Waals surface area contributed by atoms with E-state index in [-0.39, 0.29) is 0 Å². The number of rotatable bonds is 17. The zero-order chi connectivity index (χ0) is 88.6. The van der Waals surface area contributed by atoms with Gasteiger partial charge < -0.3 is 0 Å². The van der Waals surface area contributed by atoms with Crippen molar-refractivity contribution in [3.63, 3.8) is 0 Å². The highest BCUT2D eigenvalue weighted by atomic mass is 15.0. The maximum atomic E-state index is 5.23. The van der Waals surface area contributed by atoms with Crippen LogP contribution >= 0.6 is 0 Å². The van der Waals surface area contributed by atoms with Gasteiger partial charge in [-0.1, -0.05) is 455 Å². The third kappa shape index (κ3) is 13.5. The van der Waals surface area contributed by atoms with E-state index in [4.69, 9.17) is 29.9 Å².